The molecule has 0 radical (unpaired) electrons. The van der Waals surface area contributed by atoms with Gasteiger partial charge in [0.05, 0.1) is 23.0 Å². The van der Waals surface area contributed by atoms with E-state index in [0.717, 1.165) is 21.7 Å². The predicted octanol–water partition coefficient (Wildman–Crippen LogP) is 4.72. The highest BCUT2D eigenvalue weighted by Crippen LogP contribution is 2.32. The van der Waals surface area contributed by atoms with Gasteiger partial charge in [0.15, 0.2) is 0 Å². The first-order chi connectivity index (χ1) is 13.0. The Labute approximate surface area is 176 Å². The second-order valence-corrected chi connectivity index (χ2v) is 9.41. The molecule has 5 nitrogen and oxygen atoms in total. The number of carbonyl (C=O) groups excluding carboxylic acids is 1. The van der Waals surface area contributed by atoms with E-state index >= 15 is 0 Å². The van der Waals surface area contributed by atoms with Crippen LogP contribution in [-0.4, -0.2) is 26.6 Å². The Morgan fingerprint density at radius 1 is 1.14 bits per heavy atom. The quantitative estimate of drug-likeness (QED) is 0.673. The van der Waals surface area contributed by atoms with Crippen LogP contribution >= 0.6 is 23.2 Å². The average molecular weight is 443 g/mol. The lowest BCUT2D eigenvalue weighted by Crippen LogP contribution is -2.48. The van der Waals surface area contributed by atoms with Crippen LogP contribution in [-0.2, 0) is 14.8 Å². The third-order valence-electron chi connectivity index (χ3n) is 4.44. The van der Waals surface area contributed by atoms with Gasteiger partial charge < -0.3 is 5.32 Å². The predicted molar refractivity (Wildman–Crippen MR) is 116 cm³/mol. The number of halogens is 2. The van der Waals surface area contributed by atoms with Gasteiger partial charge in [-0.1, -0.05) is 60.0 Å². The number of aryl methyl sites for hydroxylation is 1. The van der Waals surface area contributed by atoms with E-state index in [1.54, 1.807) is 6.07 Å². The van der Waals surface area contributed by atoms with Crippen LogP contribution in [0.25, 0.3) is 0 Å². The summed E-state index contributed by atoms with van der Waals surface area (Å²) in [5, 5.41) is 3.46. The molecule has 152 valence electrons. The van der Waals surface area contributed by atoms with Crippen LogP contribution in [0.2, 0.25) is 10.0 Å². The SMILES string of the molecule is CCC(NC(=O)C(C)N(c1cc(Cl)ccc1Cl)S(C)(=O)=O)c1ccc(C)cc1. The number of rotatable bonds is 7. The topological polar surface area (TPSA) is 66.5 Å². The van der Waals surface area contributed by atoms with Gasteiger partial charge in [-0.25, -0.2) is 8.42 Å². The van der Waals surface area contributed by atoms with Gasteiger partial charge in [0.1, 0.15) is 6.04 Å². The zero-order valence-electron chi connectivity index (χ0n) is 16.2. The first kappa shape index (κ1) is 22.5. The van der Waals surface area contributed by atoms with E-state index in [0.29, 0.717) is 11.4 Å². The minimum Gasteiger partial charge on any atom is -0.347 e. The highest BCUT2D eigenvalue weighted by molar-refractivity contribution is 7.92. The van der Waals surface area contributed by atoms with Crippen molar-refractivity contribution in [3.05, 3.63) is 63.6 Å². The maximum atomic E-state index is 12.9. The molecule has 0 spiro atoms. The maximum absolute atomic E-state index is 12.9. The standard InChI is InChI=1S/C20H24Cl2N2O3S/c1-5-18(15-8-6-13(2)7-9-15)23-20(25)14(3)24(28(4,26)27)19-12-16(21)10-11-17(19)22/h6-12,14,18H,5H2,1-4H3,(H,23,25). The molecule has 0 aliphatic heterocycles. The van der Waals surface area contributed by atoms with Crippen LogP contribution in [0.15, 0.2) is 42.5 Å². The smallest absolute Gasteiger partial charge is 0.244 e. The van der Waals surface area contributed by atoms with Crippen molar-refractivity contribution in [2.24, 2.45) is 0 Å². The Kier molecular flexibility index (Phi) is 7.37. The van der Waals surface area contributed by atoms with Gasteiger partial charge in [0.25, 0.3) is 0 Å². The number of carbonyl (C=O) groups is 1. The molecule has 0 saturated heterocycles. The van der Waals surface area contributed by atoms with Gasteiger partial charge in [-0.05, 0) is 44.0 Å². The Bertz CT molecular complexity index is 946. The minimum atomic E-state index is -3.78. The second kappa shape index (κ2) is 9.16. The van der Waals surface area contributed by atoms with Crippen molar-refractivity contribution in [2.45, 2.75) is 39.3 Å². The van der Waals surface area contributed by atoms with Crippen molar-refractivity contribution in [1.29, 1.82) is 0 Å². The lowest BCUT2D eigenvalue weighted by atomic mass is 10.0. The number of benzene rings is 2. The fourth-order valence-corrected chi connectivity index (χ4v) is 4.55. The first-order valence-electron chi connectivity index (χ1n) is 8.86. The molecule has 0 aliphatic rings. The minimum absolute atomic E-state index is 0.169. The number of sulfonamides is 1. The molecule has 2 atom stereocenters. The number of hydrogen-bond acceptors (Lipinski definition) is 3. The van der Waals surface area contributed by atoms with Crippen molar-refractivity contribution < 1.29 is 13.2 Å². The van der Waals surface area contributed by atoms with E-state index in [-0.39, 0.29) is 16.8 Å². The van der Waals surface area contributed by atoms with E-state index in [2.05, 4.69) is 5.32 Å². The fraction of sp³-hybridized carbons (Fsp3) is 0.350. The summed E-state index contributed by atoms with van der Waals surface area (Å²) >= 11 is 12.2. The number of amides is 1. The van der Waals surface area contributed by atoms with Gasteiger partial charge in [0.2, 0.25) is 15.9 Å². The second-order valence-electron chi connectivity index (χ2n) is 6.71. The summed E-state index contributed by atoms with van der Waals surface area (Å²) in [5.74, 6) is -0.422. The number of anilines is 1. The summed E-state index contributed by atoms with van der Waals surface area (Å²) in [6, 6.07) is 11.1. The van der Waals surface area contributed by atoms with Crippen LogP contribution in [0.4, 0.5) is 5.69 Å². The zero-order valence-corrected chi connectivity index (χ0v) is 18.6. The summed E-state index contributed by atoms with van der Waals surface area (Å²) in [6.45, 7) is 5.47. The Morgan fingerprint density at radius 2 is 1.75 bits per heavy atom. The van der Waals surface area contributed by atoms with Crippen molar-refractivity contribution >= 4 is 44.8 Å². The van der Waals surface area contributed by atoms with E-state index in [1.165, 1.54) is 19.1 Å². The summed E-state index contributed by atoms with van der Waals surface area (Å²) in [4.78, 5) is 12.9. The third kappa shape index (κ3) is 5.40. The molecule has 0 heterocycles. The molecule has 2 aromatic rings. The molecule has 2 aromatic carbocycles. The summed E-state index contributed by atoms with van der Waals surface area (Å²) in [6.07, 6.45) is 1.70. The summed E-state index contributed by atoms with van der Waals surface area (Å²) < 4.78 is 25.9. The lowest BCUT2D eigenvalue weighted by molar-refractivity contribution is -0.122. The molecule has 2 unspecified atom stereocenters. The molecule has 0 aliphatic carbocycles. The molecular formula is C20H24Cl2N2O3S. The molecule has 1 N–H and O–H groups in total. The molecule has 2 rings (SSSR count). The Morgan fingerprint density at radius 3 is 2.29 bits per heavy atom. The van der Waals surface area contributed by atoms with E-state index in [9.17, 15) is 13.2 Å². The molecule has 0 saturated carbocycles. The van der Waals surface area contributed by atoms with Gasteiger partial charge in [0, 0.05) is 5.02 Å². The summed E-state index contributed by atoms with van der Waals surface area (Å²) in [7, 11) is -3.78. The highest BCUT2D eigenvalue weighted by atomic mass is 35.5. The van der Waals surface area contributed by atoms with Crippen molar-refractivity contribution in [2.75, 3.05) is 10.6 Å². The summed E-state index contributed by atoms with van der Waals surface area (Å²) in [5.41, 5.74) is 2.25. The fourth-order valence-electron chi connectivity index (χ4n) is 2.95. The largest absolute Gasteiger partial charge is 0.347 e. The third-order valence-corrected chi connectivity index (χ3v) is 6.22. The normalized spacial score (nSPS) is 13.6. The average Bonchev–Trinajstić information content (AvgIpc) is 2.62. The molecule has 1 amide bonds. The molecule has 28 heavy (non-hydrogen) atoms. The van der Waals surface area contributed by atoms with E-state index in [1.807, 2.05) is 38.1 Å². The molecule has 0 bridgehead atoms. The van der Waals surface area contributed by atoms with Crippen LogP contribution in [0.5, 0.6) is 0 Å². The Hall–Kier alpha value is -1.76. The number of hydrogen-bond donors (Lipinski definition) is 1. The van der Waals surface area contributed by atoms with E-state index in [4.69, 9.17) is 23.2 Å². The van der Waals surface area contributed by atoms with Crippen LogP contribution in [0.1, 0.15) is 37.4 Å². The van der Waals surface area contributed by atoms with Crippen molar-refractivity contribution in [1.82, 2.24) is 5.32 Å². The molecular weight excluding hydrogens is 419 g/mol. The van der Waals surface area contributed by atoms with Crippen molar-refractivity contribution in [3.63, 3.8) is 0 Å². The Balaban J connectivity index is 2.33. The van der Waals surface area contributed by atoms with Crippen LogP contribution in [0.3, 0.4) is 0 Å². The first-order valence-corrected chi connectivity index (χ1v) is 11.5. The van der Waals surface area contributed by atoms with Crippen molar-refractivity contribution in [3.8, 4) is 0 Å². The van der Waals surface area contributed by atoms with Gasteiger partial charge in [-0.15, -0.1) is 0 Å². The van der Waals surface area contributed by atoms with Gasteiger partial charge in [-0.2, -0.15) is 0 Å². The number of nitrogens with one attached hydrogen (secondary N) is 1. The van der Waals surface area contributed by atoms with Gasteiger partial charge in [-0.3, -0.25) is 9.10 Å². The molecule has 8 heteroatoms. The zero-order chi connectivity index (χ0) is 21.1. The molecule has 0 fully saturated rings. The van der Waals surface area contributed by atoms with Crippen LogP contribution in [0, 0.1) is 6.92 Å². The van der Waals surface area contributed by atoms with Gasteiger partial charge >= 0.3 is 0 Å². The van der Waals surface area contributed by atoms with Crippen LogP contribution < -0.4 is 9.62 Å². The monoisotopic (exact) mass is 442 g/mol. The maximum Gasteiger partial charge on any atom is 0.244 e. The highest BCUT2D eigenvalue weighted by Gasteiger charge is 2.31. The lowest BCUT2D eigenvalue weighted by Gasteiger charge is -2.30. The molecule has 0 aromatic heterocycles. The number of nitrogens with zero attached hydrogens (tertiary/aromatic N) is 1. The van der Waals surface area contributed by atoms with E-state index < -0.39 is 22.0 Å².